The number of aliphatic hydroxyl groups excluding tert-OH is 1. The second-order valence-electron chi connectivity index (χ2n) is 6.34. The number of hydrogen-bond acceptors (Lipinski definition) is 2. The lowest BCUT2D eigenvalue weighted by molar-refractivity contribution is 0.113. The molecule has 0 spiro atoms. The zero-order valence-electron chi connectivity index (χ0n) is 13.0. The summed E-state index contributed by atoms with van der Waals surface area (Å²) < 4.78 is 0. The van der Waals surface area contributed by atoms with Crippen molar-refractivity contribution in [3.63, 3.8) is 0 Å². The molecule has 1 aromatic carbocycles. The van der Waals surface area contributed by atoms with Crippen molar-refractivity contribution in [2.75, 3.05) is 20.1 Å². The lowest BCUT2D eigenvalue weighted by Crippen LogP contribution is -2.30. The van der Waals surface area contributed by atoms with Crippen LogP contribution in [-0.2, 0) is 6.42 Å². The lowest BCUT2D eigenvalue weighted by Gasteiger charge is -2.28. The summed E-state index contributed by atoms with van der Waals surface area (Å²) in [5.41, 5.74) is 2.37. The van der Waals surface area contributed by atoms with Crippen LogP contribution in [0.2, 0.25) is 0 Å². The quantitative estimate of drug-likeness (QED) is 0.853. The Bertz CT molecular complexity index is 381. The second kappa shape index (κ2) is 7.80. The van der Waals surface area contributed by atoms with Gasteiger partial charge in [0.15, 0.2) is 0 Å². The molecule has 1 atom stereocenters. The number of benzene rings is 1. The van der Waals surface area contributed by atoms with Crippen LogP contribution in [0.5, 0.6) is 0 Å². The van der Waals surface area contributed by atoms with Gasteiger partial charge in [0.25, 0.3) is 0 Å². The predicted octanol–water partition coefficient (Wildman–Crippen LogP) is 3.79. The molecule has 20 heavy (non-hydrogen) atoms. The maximum Gasteiger partial charge on any atom is 0.0916 e. The van der Waals surface area contributed by atoms with E-state index in [0.29, 0.717) is 0 Å². The molecule has 0 aliphatic heterocycles. The standard InChI is InChI=1S/C18H29NO/c1-3-15-9-11-17(12-10-15)18(20)14-19(2)13-16-7-5-4-6-8-16/h9-12,16,18,20H,3-8,13-14H2,1-2H3. The van der Waals surface area contributed by atoms with Gasteiger partial charge >= 0.3 is 0 Å². The molecule has 2 rings (SSSR count). The van der Waals surface area contributed by atoms with Crippen molar-refractivity contribution in [2.24, 2.45) is 5.92 Å². The first-order valence-corrected chi connectivity index (χ1v) is 8.14. The molecule has 0 saturated heterocycles. The van der Waals surface area contributed by atoms with Gasteiger partial charge in [-0.25, -0.2) is 0 Å². The van der Waals surface area contributed by atoms with Crippen molar-refractivity contribution >= 4 is 0 Å². The largest absolute Gasteiger partial charge is 0.387 e. The summed E-state index contributed by atoms with van der Waals surface area (Å²) in [4.78, 5) is 2.30. The minimum Gasteiger partial charge on any atom is -0.387 e. The fourth-order valence-corrected chi connectivity index (χ4v) is 3.26. The highest BCUT2D eigenvalue weighted by molar-refractivity contribution is 5.24. The Morgan fingerprint density at radius 1 is 1.15 bits per heavy atom. The van der Waals surface area contributed by atoms with Crippen LogP contribution >= 0.6 is 0 Å². The first-order valence-electron chi connectivity index (χ1n) is 8.14. The first-order chi connectivity index (χ1) is 9.69. The van der Waals surface area contributed by atoms with Gasteiger partial charge in [0.05, 0.1) is 6.10 Å². The zero-order chi connectivity index (χ0) is 14.4. The van der Waals surface area contributed by atoms with Crippen LogP contribution in [0.15, 0.2) is 24.3 Å². The Labute approximate surface area is 123 Å². The van der Waals surface area contributed by atoms with Crippen LogP contribution < -0.4 is 0 Å². The average molecular weight is 275 g/mol. The molecule has 1 aromatic rings. The summed E-state index contributed by atoms with van der Waals surface area (Å²) in [5, 5.41) is 10.3. The summed E-state index contributed by atoms with van der Waals surface area (Å²) in [6.07, 6.45) is 7.61. The molecule has 1 N–H and O–H groups in total. The maximum absolute atomic E-state index is 10.3. The van der Waals surface area contributed by atoms with Gasteiger partial charge in [-0.3, -0.25) is 0 Å². The molecule has 112 valence electrons. The molecular formula is C18H29NO. The number of likely N-dealkylation sites (N-methyl/N-ethyl adjacent to an activating group) is 1. The number of nitrogens with zero attached hydrogens (tertiary/aromatic N) is 1. The molecule has 0 aromatic heterocycles. The normalized spacial score (nSPS) is 18.4. The Balaban J connectivity index is 1.81. The fourth-order valence-electron chi connectivity index (χ4n) is 3.26. The molecule has 1 saturated carbocycles. The van der Waals surface area contributed by atoms with Crippen LogP contribution in [0.25, 0.3) is 0 Å². The Kier molecular flexibility index (Phi) is 6.06. The van der Waals surface area contributed by atoms with Crippen molar-refractivity contribution in [3.8, 4) is 0 Å². The molecule has 0 radical (unpaired) electrons. The molecule has 0 heterocycles. The van der Waals surface area contributed by atoms with Gasteiger partial charge in [-0.05, 0) is 43.4 Å². The van der Waals surface area contributed by atoms with Crippen LogP contribution in [0.1, 0.15) is 56.3 Å². The van der Waals surface area contributed by atoms with Gasteiger partial charge in [-0.2, -0.15) is 0 Å². The number of aryl methyl sites for hydroxylation is 1. The summed E-state index contributed by atoms with van der Waals surface area (Å²) in [5.74, 6) is 0.836. The van der Waals surface area contributed by atoms with E-state index in [1.165, 1.54) is 37.7 Å². The minimum atomic E-state index is -0.366. The Hall–Kier alpha value is -0.860. The van der Waals surface area contributed by atoms with Crippen molar-refractivity contribution in [3.05, 3.63) is 35.4 Å². The van der Waals surface area contributed by atoms with E-state index in [4.69, 9.17) is 0 Å². The van der Waals surface area contributed by atoms with E-state index in [1.807, 2.05) is 0 Å². The van der Waals surface area contributed by atoms with Gasteiger partial charge in [-0.1, -0.05) is 50.5 Å². The molecule has 1 fully saturated rings. The highest BCUT2D eigenvalue weighted by atomic mass is 16.3. The predicted molar refractivity (Wildman–Crippen MR) is 84.9 cm³/mol. The molecule has 0 bridgehead atoms. The molecule has 0 amide bonds. The number of aliphatic hydroxyl groups is 1. The van der Waals surface area contributed by atoms with Crippen molar-refractivity contribution in [2.45, 2.75) is 51.6 Å². The lowest BCUT2D eigenvalue weighted by atomic mass is 9.89. The second-order valence-corrected chi connectivity index (χ2v) is 6.34. The highest BCUT2D eigenvalue weighted by Crippen LogP contribution is 2.24. The third-order valence-electron chi connectivity index (χ3n) is 4.55. The van der Waals surface area contributed by atoms with E-state index < -0.39 is 0 Å². The van der Waals surface area contributed by atoms with E-state index in [9.17, 15) is 5.11 Å². The van der Waals surface area contributed by atoms with Crippen molar-refractivity contribution in [1.82, 2.24) is 4.90 Å². The van der Waals surface area contributed by atoms with E-state index in [0.717, 1.165) is 31.0 Å². The zero-order valence-corrected chi connectivity index (χ0v) is 13.0. The maximum atomic E-state index is 10.3. The van der Waals surface area contributed by atoms with Gasteiger partial charge < -0.3 is 10.0 Å². The van der Waals surface area contributed by atoms with Crippen LogP contribution in [0.4, 0.5) is 0 Å². The van der Waals surface area contributed by atoms with Gasteiger partial charge in [0, 0.05) is 13.1 Å². The monoisotopic (exact) mass is 275 g/mol. The first kappa shape index (κ1) is 15.5. The van der Waals surface area contributed by atoms with Gasteiger partial charge in [-0.15, -0.1) is 0 Å². The summed E-state index contributed by atoms with van der Waals surface area (Å²) in [6, 6.07) is 8.38. The molecular weight excluding hydrogens is 246 g/mol. The number of hydrogen-bond donors (Lipinski definition) is 1. The van der Waals surface area contributed by atoms with E-state index >= 15 is 0 Å². The SMILES string of the molecule is CCc1ccc(C(O)CN(C)CC2CCCCC2)cc1. The molecule has 2 heteroatoms. The van der Waals surface area contributed by atoms with E-state index in [-0.39, 0.29) is 6.10 Å². The van der Waals surface area contributed by atoms with Crippen molar-refractivity contribution < 1.29 is 5.11 Å². The summed E-state index contributed by atoms with van der Waals surface area (Å²) >= 11 is 0. The van der Waals surface area contributed by atoms with Crippen LogP contribution in [0.3, 0.4) is 0 Å². The highest BCUT2D eigenvalue weighted by Gasteiger charge is 2.17. The molecule has 1 aliphatic carbocycles. The molecule has 1 unspecified atom stereocenters. The van der Waals surface area contributed by atoms with E-state index in [1.54, 1.807) is 0 Å². The van der Waals surface area contributed by atoms with Crippen LogP contribution in [0, 0.1) is 5.92 Å². The van der Waals surface area contributed by atoms with Gasteiger partial charge in [0.1, 0.15) is 0 Å². The molecule has 1 aliphatic rings. The minimum absolute atomic E-state index is 0.366. The third kappa shape index (κ3) is 4.60. The Morgan fingerprint density at radius 2 is 1.80 bits per heavy atom. The Morgan fingerprint density at radius 3 is 2.40 bits per heavy atom. The molecule has 2 nitrogen and oxygen atoms in total. The van der Waals surface area contributed by atoms with Gasteiger partial charge in [0.2, 0.25) is 0 Å². The van der Waals surface area contributed by atoms with Crippen molar-refractivity contribution in [1.29, 1.82) is 0 Å². The smallest absolute Gasteiger partial charge is 0.0916 e. The fraction of sp³-hybridized carbons (Fsp3) is 0.667. The summed E-state index contributed by atoms with van der Waals surface area (Å²) in [7, 11) is 2.14. The number of rotatable bonds is 6. The van der Waals surface area contributed by atoms with E-state index in [2.05, 4.69) is 43.1 Å². The average Bonchev–Trinajstić information content (AvgIpc) is 2.48. The van der Waals surface area contributed by atoms with Crippen LogP contribution in [-0.4, -0.2) is 30.1 Å². The third-order valence-corrected chi connectivity index (χ3v) is 4.55. The summed E-state index contributed by atoms with van der Waals surface area (Å²) in [6.45, 7) is 4.02. The topological polar surface area (TPSA) is 23.5 Å².